The zero-order chi connectivity index (χ0) is 19.2. The molecule has 0 unspecified atom stereocenters. The number of halogens is 2. The molecule has 0 saturated carbocycles. The van der Waals surface area contributed by atoms with E-state index in [9.17, 15) is 14.6 Å². The molecule has 0 amide bonds. The molecule has 27 heavy (non-hydrogen) atoms. The van der Waals surface area contributed by atoms with Crippen LogP contribution in [0.4, 0.5) is 4.39 Å². The molecule has 0 aromatic heterocycles. The molecule has 0 bridgehead atoms. The standard InChI is InChI=1S/C23H26ClFO2/c24-13-4-2-1-3-7-20-19-11-9-17(26)14-16(19)6-5-8-21(20)22-15-18(27)10-12-23(22)25/h9-12,14-15,26-27H,1-8,13H2. The van der Waals surface area contributed by atoms with Crippen molar-refractivity contribution in [2.75, 3.05) is 5.88 Å². The van der Waals surface area contributed by atoms with Crippen molar-refractivity contribution in [1.29, 1.82) is 0 Å². The van der Waals surface area contributed by atoms with E-state index in [4.69, 9.17) is 11.6 Å². The number of phenols is 2. The summed E-state index contributed by atoms with van der Waals surface area (Å²) >= 11 is 5.77. The fourth-order valence-electron chi connectivity index (χ4n) is 3.93. The van der Waals surface area contributed by atoms with E-state index in [0.29, 0.717) is 11.4 Å². The van der Waals surface area contributed by atoms with Crippen LogP contribution in [0.5, 0.6) is 11.5 Å². The van der Waals surface area contributed by atoms with E-state index in [1.165, 1.54) is 18.2 Å². The Balaban J connectivity index is 2.03. The normalized spacial score (nSPS) is 14.1. The average Bonchev–Trinajstić information content (AvgIpc) is 2.82. The summed E-state index contributed by atoms with van der Waals surface area (Å²) in [5.41, 5.74) is 4.82. The second kappa shape index (κ2) is 9.27. The Bertz CT molecular complexity index is 829. The van der Waals surface area contributed by atoms with Gasteiger partial charge in [0.15, 0.2) is 0 Å². The maximum Gasteiger partial charge on any atom is 0.130 e. The molecular weight excluding hydrogens is 363 g/mol. The summed E-state index contributed by atoms with van der Waals surface area (Å²) in [7, 11) is 0. The molecule has 0 atom stereocenters. The Morgan fingerprint density at radius 3 is 2.41 bits per heavy atom. The maximum absolute atomic E-state index is 14.6. The lowest BCUT2D eigenvalue weighted by Gasteiger charge is -2.17. The van der Waals surface area contributed by atoms with Gasteiger partial charge in [-0.25, -0.2) is 4.39 Å². The first kappa shape index (κ1) is 19.8. The predicted molar refractivity (Wildman–Crippen MR) is 110 cm³/mol. The van der Waals surface area contributed by atoms with Crippen molar-refractivity contribution >= 4 is 22.7 Å². The van der Waals surface area contributed by atoms with Crippen molar-refractivity contribution in [2.24, 2.45) is 0 Å². The maximum atomic E-state index is 14.6. The lowest BCUT2D eigenvalue weighted by molar-refractivity contribution is 0.472. The van der Waals surface area contributed by atoms with Gasteiger partial charge in [0.05, 0.1) is 0 Å². The van der Waals surface area contributed by atoms with Crippen LogP contribution >= 0.6 is 11.6 Å². The quantitative estimate of drug-likeness (QED) is 0.410. The van der Waals surface area contributed by atoms with Gasteiger partial charge in [0.2, 0.25) is 0 Å². The van der Waals surface area contributed by atoms with Gasteiger partial charge in [-0.1, -0.05) is 18.9 Å². The van der Waals surface area contributed by atoms with Crippen LogP contribution in [-0.2, 0) is 6.42 Å². The second-order valence-corrected chi connectivity index (χ2v) is 7.55. The van der Waals surface area contributed by atoms with E-state index in [-0.39, 0.29) is 17.3 Å². The first-order chi connectivity index (χ1) is 13.1. The Morgan fingerprint density at radius 1 is 0.852 bits per heavy atom. The minimum atomic E-state index is -0.301. The topological polar surface area (TPSA) is 40.5 Å². The first-order valence-electron chi connectivity index (χ1n) is 9.69. The van der Waals surface area contributed by atoms with Gasteiger partial charge in [0.1, 0.15) is 17.3 Å². The Labute approximate surface area is 165 Å². The molecule has 4 heteroatoms. The van der Waals surface area contributed by atoms with Crippen LogP contribution in [0.1, 0.15) is 61.6 Å². The highest BCUT2D eigenvalue weighted by Crippen LogP contribution is 2.41. The summed E-state index contributed by atoms with van der Waals surface area (Å²) in [5.74, 6) is 0.729. The van der Waals surface area contributed by atoms with Crippen LogP contribution in [0, 0.1) is 5.82 Å². The van der Waals surface area contributed by atoms with Crippen LogP contribution in [0.3, 0.4) is 0 Å². The van der Waals surface area contributed by atoms with E-state index in [2.05, 4.69) is 0 Å². The number of rotatable bonds is 7. The molecule has 1 aliphatic rings. The fourth-order valence-corrected chi connectivity index (χ4v) is 4.12. The van der Waals surface area contributed by atoms with Gasteiger partial charge in [-0.3, -0.25) is 0 Å². The molecule has 0 radical (unpaired) electrons. The molecule has 144 valence electrons. The number of phenolic OH excluding ortho intramolecular Hbond substituents is 2. The summed E-state index contributed by atoms with van der Waals surface area (Å²) in [6, 6.07) is 9.72. The lowest BCUT2D eigenvalue weighted by atomic mass is 9.88. The first-order valence-corrected chi connectivity index (χ1v) is 10.2. The highest BCUT2D eigenvalue weighted by Gasteiger charge is 2.21. The van der Waals surface area contributed by atoms with Gasteiger partial charge in [-0.05, 0) is 91.1 Å². The van der Waals surface area contributed by atoms with Gasteiger partial charge >= 0.3 is 0 Å². The predicted octanol–water partition coefficient (Wildman–Crippen LogP) is 6.67. The average molecular weight is 389 g/mol. The number of aromatic hydroxyl groups is 2. The molecule has 2 aromatic carbocycles. The van der Waals surface area contributed by atoms with Crippen LogP contribution in [-0.4, -0.2) is 16.1 Å². The van der Waals surface area contributed by atoms with E-state index >= 15 is 0 Å². The van der Waals surface area contributed by atoms with Gasteiger partial charge < -0.3 is 10.2 Å². The molecule has 0 saturated heterocycles. The summed E-state index contributed by atoms with van der Waals surface area (Å²) in [6.07, 6.45) is 7.54. The monoisotopic (exact) mass is 388 g/mol. The molecule has 0 aliphatic heterocycles. The molecule has 0 fully saturated rings. The Morgan fingerprint density at radius 2 is 1.59 bits per heavy atom. The van der Waals surface area contributed by atoms with Crippen LogP contribution in [0.25, 0.3) is 11.1 Å². The number of fused-ring (bicyclic) bond motifs is 1. The Hall–Kier alpha value is -2.00. The lowest BCUT2D eigenvalue weighted by Crippen LogP contribution is -1.97. The summed E-state index contributed by atoms with van der Waals surface area (Å²) < 4.78 is 14.6. The van der Waals surface area contributed by atoms with Crippen molar-refractivity contribution < 1.29 is 14.6 Å². The minimum Gasteiger partial charge on any atom is -0.508 e. The van der Waals surface area contributed by atoms with Crippen molar-refractivity contribution in [2.45, 2.75) is 51.4 Å². The van der Waals surface area contributed by atoms with Crippen LogP contribution < -0.4 is 0 Å². The van der Waals surface area contributed by atoms with E-state index in [0.717, 1.165) is 73.6 Å². The van der Waals surface area contributed by atoms with E-state index in [1.807, 2.05) is 12.1 Å². The number of unbranched alkanes of at least 4 members (excludes halogenated alkanes) is 3. The molecule has 1 aliphatic carbocycles. The molecule has 2 N–H and O–H groups in total. The third-order valence-electron chi connectivity index (χ3n) is 5.24. The molecule has 0 heterocycles. The van der Waals surface area contributed by atoms with Gasteiger partial charge in [0.25, 0.3) is 0 Å². The van der Waals surface area contributed by atoms with E-state index in [1.54, 1.807) is 6.07 Å². The van der Waals surface area contributed by atoms with Crippen molar-refractivity contribution in [3.05, 3.63) is 58.9 Å². The number of aryl methyl sites for hydroxylation is 1. The minimum absolute atomic E-state index is 0.0792. The molecule has 2 aromatic rings. The molecular formula is C23H26ClFO2. The number of benzene rings is 2. The number of alkyl halides is 1. The van der Waals surface area contributed by atoms with Gasteiger partial charge in [-0.15, -0.1) is 11.6 Å². The number of allylic oxidation sites excluding steroid dienone is 2. The molecule has 0 spiro atoms. The fraction of sp³-hybridized carbons (Fsp3) is 0.391. The van der Waals surface area contributed by atoms with Crippen LogP contribution in [0.2, 0.25) is 0 Å². The highest BCUT2D eigenvalue weighted by atomic mass is 35.5. The summed E-state index contributed by atoms with van der Waals surface area (Å²) in [4.78, 5) is 0. The zero-order valence-electron chi connectivity index (χ0n) is 15.5. The van der Waals surface area contributed by atoms with Gasteiger partial charge in [0, 0.05) is 11.4 Å². The summed E-state index contributed by atoms with van der Waals surface area (Å²) in [6.45, 7) is 0. The third-order valence-corrected chi connectivity index (χ3v) is 5.50. The Kier molecular flexibility index (Phi) is 6.78. The molecule has 3 rings (SSSR count). The SMILES string of the molecule is Oc1ccc2c(c1)CCCC(c1cc(O)ccc1F)=C2CCCCCCCl. The highest BCUT2D eigenvalue weighted by molar-refractivity contribution is 6.17. The largest absolute Gasteiger partial charge is 0.508 e. The van der Waals surface area contributed by atoms with E-state index < -0.39 is 0 Å². The smallest absolute Gasteiger partial charge is 0.130 e. The van der Waals surface area contributed by atoms with Crippen molar-refractivity contribution in [1.82, 2.24) is 0 Å². The molecule has 2 nitrogen and oxygen atoms in total. The third kappa shape index (κ3) is 4.84. The number of hydrogen-bond acceptors (Lipinski definition) is 2. The summed E-state index contributed by atoms with van der Waals surface area (Å²) in [5, 5.41) is 19.8. The number of hydrogen-bond donors (Lipinski definition) is 2. The second-order valence-electron chi connectivity index (χ2n) is 7.17. The van der Waals surface area contributed by atoms with Crippen molar-refractivity contribution in [3.8, 4) is 11.5 Å². The van der Waals surface area contributed by atoms with Crippen molar-refractivity contribution in [3.63, 3.8) is 0 Å². The zero-order valence-corrected chi connectivity index (χ0v) is 16.2. The van der Waals surface area contributed by atoms with Crippen LogP contribution in [0.15, 0.2) is 36.4 Å². The van der Waals surface area contributed by atoms with Gasteiger partial charge in [-0.2, -0.15) is 0 Å².